The molecule has 4 nitrogen and oxygen atoms in total. The lowest BCUT2D eigenvalue weighted by Gasteiger charge is -2.27. The third-order valence-corrected chi connectivity index (χ3v) is 5.14. The Labute approximate surface area is 151 Å². The van der Waals surface area contributed by atoms with E-state index < -0.39 is 0 Å². The van der Waals surface area contributed by atoms with Crippen LogP contribution in [0.2, 0.25) is 0 Å². The molecule has 2 amide bonds. The van der Waals surface area contributed by atoms with Crippen LogP contribution in [0.4, 0.5) is 4.39 Å². The van der Waals surface area contributed by atoms with Crippen LogP contribution in [0.3, 0.4) is 0 Å². The zero-order valence-electron chi connectivity index (χ0n) is 14.3. The number of amides is 2. The van der Waals surface area contributed by atoms with Gasteiger partial charge in [0.1, 0.15) is 12.4 Å². The van der Waals surface area contributed by atoms with E-state index in [1.54, 1.807) is 23.1 Å². The van der Waals surface area contributed by atoms with Crippen LogP contribution in [-0.4, -0.2) is 34.7 Å². The number of carbonyl (C=O) groups excluding carboxylic acids is 2. The van der Waals surface area contributed by atoms with E-state index in [1.165, 1.54) is 17.0 Å². The predicted octanol–water partition coefficient (Wildman–Crippen LogP) is 3.62. The van der Waals surface area contributed by atoms with Crippen molar-refractivity contribution in [2.24, 2.45) is 0 Å². The Morgan fingerprint density at radius 2 is 1.92 bits per heavy atom. The van der Waals surface area contributed by atoms with Gasteiger partial charge in [-0.05, 0) is 36.6 Å². The molecule has 2 aliphatic heterocycles. The summed E-state index contributed by atoms with van der Waals surface area (Å²) in [5.41, 5.74) is 2.70. The fourth-order valence-corrected chi connectivity index (χ4v) is 3.85. The molecule has 0 bridgehead atoms. The smallest absolute Gasteiger partial charge is 0.259 e. The maximum atomic E-state index is 13.6. The first-order valence-electron chi connectivity index (χ1n) is 8.71. The average molecular weight is 350 g/mol. The third-order valence-electron chi connectivity index (χ3n) is 5.14. The first kappa shape index (κ1) is 16.5. The fraction of sp³-hybridized carbons (Fsp3) is 0.238. The van der Waals surface area contributed by atoms with Crippen molar-refractivity contribution in [2.45, 2.75) is 18.9 Å². The van der Waals surface area contributed by atoms with Gasteiger partial charge in [0, 0.05) is 23.4 Å². The molecule has 1 fully saturated rings. The Morgan fingerprint density at radius 3 is 2.65 bits per heavy atom. The first-order valence-corrected chi connectivity index (χ1v) is 8.71. The van der Waals surface area contributed by atoms with Crippen LogP contribution in [0.25, 0.3) is 5.70 Å². The Balaban J connectivity index is 1.53. The number of hydrogen-bond donors (Lipinski definition) is 0. The zero-order chi connectivity index (χ0) is 18.3. The lowest BCUT2D eigenvalue weighted by molar-refractivity contribution is -0.132. The van der Waals surface area contributed by atoms with E-state index in [1.807, 2.05) is 18.2 Å². The van der Waals surface area contributed by atoms with Gasteiger partial charge in [-0.25, -0.2) is 4.39 Å². The topological polar surface area (TPSA) is 40.6 Å². The van der Waals surface area contributed by atoms with Gasteiger partial charge in [0.15, 0.2) is 0 Å². The van der Waals surface area contributed by atoms with Crippen LogP contribution < -0.4 is 0 Å². The molecule has 4 rings (SSSR count). The van der Waals surface area contributed by atoms with Crippen molar-refractivity contribution in [3.63, 3.8) is 0 Å². The summed E-state index contributed by atoms with van der Waals surface area (Å²) < 4.78 is 13.6. The summed E-state index contributed by atoms with van der Waals surface area (Å²) in [5.74, 6) is -0.639. The van der Waals surface area contributed by atoms with Gasteiger partial charge in [-0.15, -0.1) is 0 Å². The van der Waals surface area contributed by atoms with Crippen LogP contribution >= 0.6 is 0 Å². The summed E-state index contributed by atoms with van der Waals surface area (Å²) in [6, 6.07) is 13.5. The Bertz CT molecular complexity index is 873. The summed E-state index contributed by atoms with van der Waals surface area (Å²) in [6.45, 7) is 4.55. The number of carbonyl (C=O) groups is 2. The standard InChI is InChI=1S/C21H19FN2O2/c1-14-17-8-2-3-9-18(17)21(26)24(14)13-20(25)23-11-5-10-19(23)15-6-4-7-16(22)12-15/h2-4,6-9,12,19H,1,5,10-11,13H2. The molecule has 1 saturated heterocycles. The normalized spacial score (nSPS) is 19.2. The summed E-state index contributed by atoms with van der Waals surface area (Å²) in [6.07, 6.45) is 1.66. The number of likely N-dealkylation sites (tertiary alicyclic amines) is 1. The third kappa shape index (κ3) is 2.69. The van der Waals surface area contributed by atoms with Gasteiger partial charge in [-0.1, -0.05) is 36.9 Å². The largest absolute Gasteiger partial charge is 0.334 e. The molecule has 0 N–H and O–H groups in total. The molecular weight excluding hydrogens is 331 g/mol. The molecule has 2 aromatic carbocycles. The minimum Gasteiger partial charge on any atom is -0.334 e. The van der Waals surface area contributed by atoms with Crippen molar-refractivity contribution >= 4 is 17.5 Å². The van der Waals surface area contributed by atoms with Crippen molar-refractivity contribution in [3.8, 4) is 0 Å². The monoisotopic (exact) mass is 350 g/mol. The molecule has 0 aliphatic carbocycles. The number of benzene rings is 2. The van der Waals surface area contributed by atoms with E-state index in [0.717, 1.165) is 24.0 Å². The number of rotatable bonds is 3. The van der Waals surface area contributed by atoms with Crippen molar-refractivity contribution in [3.05, 3.63) is 77.6 Å². The molecule has 1 unspecified atom stereocenters. The summed E-state index contributed by atoms with van der Waals surface area (Å²) in [7, 11) is 0. The number of fused-ring (bicyclic) bond motifs is 1. The maximum Gasteiger partial charge on any atom is 0.259 e. The second-order valence-electron chi connectivity index (χ2n) is 6.68. The minimum atomic E-state index is -0.305. The maximum absolute atomic E-state index is 13.6. The second kappa shape index (κ2) is 6.41. The molecular formula is C21H19FN2O2. The van der Waals surface area contributed by atoms with E-state index in [-0.39, 0.29) is 30.2 Å². The summed E-state index contributed by atoms with van der Waals surface area (Å²) in [5, 5.41) is 0. The molecule has 0 saturated carbocycles. The van der Waals surface area contributed by atoms with Gasteiger partial charge in [0.05, 0.1) is 6.04 Å². The van der Waals surface area contributed by atoms with Crippen molar-refractivity contribution in [1.29, 1.82) is 0 Å². The van der Waals surface area contributed by atoms with Gasteiger partial charge in [0.25, 0.3) is 5.91 Å². The van der Waals surface area contributed by atoms with Gasteiger partial charge in [0.2, 0.25) is 5.91 Å². The highest BCUT2D eigenvalue weighted by molar-refractivity contribution is 6.10. The van der Waals surface area contributed by atoms with Crippen LogP contribution in [0, 0.1) is 5.82 Å². The van der Waals surface area contributed by atoms with Crippen LogP contribution in [0.5, 0.6) is 0 Å². The average Bonchev–Trinajstić information content (AvgIpc) is 3.22. The fourth-order valence-electron chi connectivity index (χ4n) is 3.85. The molecule has 5 heteroatoms. The highest BCUT2D eigenvalue weighted by Crippen LogP contribution is 2.34. The van der Waals surface area contributed by atoms with Gasteiger partial charge >= 0.3 is 0 Å². The SMILES string of the molecule is C=C1c2ccccc2C(=O)N1CC(=O)N1CCCC1c1cccc(F)c1. The van der Waals surface area contributed by atoms with E-state index in [4.69, 9.17) is 0 Å². The quantitative estimate of drug-likeness (QED) is 0.848. The van der Waals surface area contributed by atoms with Crippen molar-refractivity contribution < 1.29 is 14.0 Å². The molecule has 1 atom stereocenters. The molecule has 0 radical (unpaired) electrons. The predicted molar refractivity (Wildman–Crippen MR) is 96.6 cm³/mol. The Kier molecular flexibility index (Phi) is 4.07. The Morgan fingerprint density at radius 1 is 1.15 bits per heavy atom. The zero-order valence-corrected chi connectivity index (χ0v) is 14.3. The molecule has 0 spiro atoms. The van der Waals surface area contributed by atoms with E-state index in [9.17, 15) is 14.0 Å². The first-order chi connectivity index (χ1) is 12.6. The number of nitrogens with zero attached hydrogens (tertiary/aromatic N) is 2. The second-order valence-corrected chi connectivity index (χ2v) is 6.68. The van der Waals surface area contributed by atoms with E-state index in [2.05, 4.69) is 6.58 Å². The lowest BCUT2D eigenvalue weighted by atomic mass is 10.0. The molecule has 2 aliphatic rings. The molecule has 26 heavy (non-hydrogen) atoms. The number of hydrogen-bond acceptors (Lipinski definition) is 2. The molecule has 2 heterocycles. The van der Waals surface area contributed by atoms with Crippen LogP contribution in [0.1, 0.15) is 40.4 Å². The van der Waals surface area contributed by atoms with Gasteiger partial charge in [-0.3, -0.25) is 14.5 Å². The van der Waals surface area contributed by atoms with Crippen LogP contribution in [-0.2, 0) is 4.79 Å². The highest BCUT2D eigenvalue weighted by Gasteiger charge is 2.36. The van der Waals surface area contributed by atoms with Crippen LogP contribution in [0.15, 0.2) is 55.1 Å². The van der Waals surface area contributed by atoms with E-state index in [0.29, 0.717) is 17.8 Å². The van der Waals surface area contributed by atoms with E-state index >= 15 is 0 Å². The van der Waals surface area contributed by atoms with Crippen molar-refractivity contribution in [2.75, 3.05) is 13.1 Å². The highest BCUT2D eigenvalue weighted by atomic mass is 19.1. The minimum absolute atomic E-state index is 0.0435. The van der Waals surface area contributed by atoms with Gasteiger partial charge in [-0.2, -0.15) is 0 Å². The molecule has 132 valence electrons. The summed E-state index contributed by atoms with van der Waals surface area (Å²) >= 11 is 0. The van der Waals surface area contributed by atoms with Crippen molar-refractivity contribution in [1.82, 2.24) is 9.80 Å². The lowest BCUT2D eigenvalue weighted by Crippen LogP contribution is -2.39. The Hall–Kier alpha value is -2.95. The molecule has 0 aromatic heterocycles. The number of halogens is 1. The van der Waals surface area contributed by atoms with Gasteiger partial charge < -0.3 is 4.90 Å². The summed E-state index contributed by atoms with van der Waals surface area (Å²) in [4.78, 5) is 28.7. The molecule has 2 aromatic rings.